The van der Waals surface area contributed by atoms with Gasteiger partial charge in [0.1, 0.15) is 11.3 Å². The molecule has 0 atom stereocenters. The lowest BCUT2D eigenvalue weighted by Gasteiger charge is -2.37. The first-order valence-electron chi connectivity index (χ1n) is 10.2. The fraction of sp³-hybridized carbons (Fsp3) is 0.292. The first-order chi connectivity index (χ1) is 15.6. The lowest BCUT2D eigenvalue weighted by molar-refractivity contribution is -0.185. The number of rotatable bonds is 6. The van der Waals surface area contributed by atoms with Crippen LogP contribution in [-0.2, 0) is 16.3 Å². The molecule has 1 aromatic carbocycles. The van der Waals surface area contributed by atoms with Gasteiger partial charge in [-0.25, -0.2) is 4.98 Å². The molecular weight excluding hydrogens is 432 g/mol. The second kappa shape index (κ2) is 8.49. The summed E-state index contributed by atoms with van der Waals surface area (Å²) in [5.74, 6) is -3.37. The van der Waals surface area contributed by atoms with Crippen molar-refractivity contribution in [2.45, 2.75) is 25.4 Å². The molecular formula is C24H23F2N3O4. The number of aliphatic hydroxyl groups is 1. The van der Waals surface area contributed by atoms with Crippen LogP contribution in [0.5, 0.6) is 5.88 Å². The summed E-state index contributed by atoms with van der Waals surface area (Å²) < 4.78 is 37.6. The number of carbonyl (C=O) groups excluding carboxylic acids is 1. The number of anilines is 1. The zero-order chi connectivity index (χ0) is 23.8. The Kier molecular flexibility index (Phi) is 5.85. The number of benzene rings is 1. The number of halogens is 2. The zero-order valence-electron chi connectivity index (χ0n) is 18.4. The number of methoxy groups -OCH3 is 1. The summed E-state index contributed by atoms with van der Waals surface area (Å²) in [5.41, 5.74) is 1.84. The minimum absolute atomic E-state index is 0.0734. The van der Waals surface area contributed by atoms with E-state index in [0.717, 1.165) is 29.7 Å². The molecule has 4 rings (SSSR count). The number of ether oxygens (including phenoxy) is 2. The van der Waals surface area contributed by atoms with Gasteiger partial charge < -0.3 is 19.9 Å². The van der Waals surface area contributed by atoms with Crippen LogP contribution in [0.15, 0.2) is 48.8 Å². The van der Waals surface area contributed by atoms with Gasteiger partial charge in [0.15, 0.2) is 0 Å². The Morgan fingerprint density at radius 3 is 2.61 bits per heavy atom. The third kappa shape index (κ3) is 4.55. The van der Waals surface area contributed by atoms with Crippen molar-refractivity contribution >= 4 is 11.6 Å². The molecule has 1 fully saturated rings. The van der Waals surface area contributed by atoms with Crippen LogP contribution in [0.4, 0.5) is 14.5 Å². The molecule has 0 spiro atoms. The molecule has 0 saturated carbocycles. The largest absolute Gasteiger partial charge is 0.481 e. The van der Waals surface area contributed by atoms with E-state index in [-0.39, 0.29) is 18.8 Å². The number of alkyl halides is 2. The third-order valence-electron chi connectivity index (χ3n) is 5.51. The molecule has 1 saturated heterocycles. The van der Waals surface area contributed by atoms with Crippen molar-refractivity contribution in [2.75, 3.05) is 25.6 Å². The van der Waals surface area contributed by atoms with E-state index in [2.05, 4.69) is 15.3 Å². The summed E-state index contributed by atoms with van der Waals surface area (Å²) in [5, 5.41) is 13.5. The molecule has 9 heteroatoms. The summed E-state index contributed by atoms with van der Waals surface area (Å²) in [4.78, 5) is 20.7. The maximum Gasteiger partial charge on any atom is 0.286 e. The van der Waals surface area contributed by atoms with E-state index in [1.165, 1.54) is 19.4 Å². The molecule has 2 N–H and O–H groups in total. The predicted molar refractivity (Wildman–Crippen MR) is 117 cm³/mol. The van der Waals surface area contributed by atoms with E-state index in [4.69, 9.17) is 9.47 Å². The Bertz CT molecular complexity index is 1210. The molecule has 1 amide bonds. The van der Waals surface area contributed by atoms with E-state index in [9.17, 15) is 18.7 Å². The minimum atomic E-state index is -3.15. The quantitative estimate of drug-likeness (QED) is 0.583. The van der Waals surface area contributed by atoms with Crippen LogP contribution in [-0.4, -0.2) is 41.3 Å². The summed E-state index contributed by atoms with van der Waals surface area (Å²) in [6.07, 6.45) is 2.80. The van der Waals surface area contributed by atoms with Crippen LogP contribution >= 0.6 is 0 Å². The molecule has 3 aromatic rings. The van der Waals surface area contributed by atoms with E-state index in [0.29, 0.717) is 17.1 Å². The SMILES string of the molecule is COc1ncc(-c2cc(NC(=O)c3ccnc(C(C)(F)F)c3)ccc2C)cc1C1(O)COC1. The first kappa shape index (κ1) is 22.8. The number of pyridine rings is 2. The molecule has 3 heterocycles. The van der Waals surface area contributed by atoms with Crippen molar-refractivity contribution in [1.29, 1.82) is 0 Å². The van der Waals surface area contributed by atoms with Gasteiger partial charge in [-0.3, -0.25) is 9.78 Å². The Morgan fingerprint density at radius 2 is 1.97 bits per heavy atom. The Hall–Kier alpha value is -3.43. The number of hydrogen-bond acceptors (Lipinski definition) is 6. The molecule has 33 heavy (non-hydrogen) atoms. The molecule has 0 bridgehead atoms. The average Bonchev–Trinajstić information content (AvgIpc) is 2.78. The predicted octanol–water partition coefficient (Wildman–Crippen LogP) is 4.04. The van der Waals surface area contributed by atoms with Crippen molar-refractivity contribution < 1.29 is 28.2 Å². The maximum atomic E-state index is 13.6. The summed E-state index contributed by atoms with van der Waals surface area (Å²) in [6, 6.07) is 9.55. The minimum Gasteiger partial charge on any atom is -0.481 e. The fourth-order valence-corrected chi connectivity index (χ4v) is 3.57. The van der Waals surface area contributed by atoms with E-state index >= 15 is 0 Å². The van der Waals surface area contributed by atoms with E-state index in [1.807, 2.05) is 13.0 Å². The van der Waals surface area contributed by atoms with Gasteiger partial charge >= 0.3 is 0 Å². The number of hydrogen-bond donors (Lipinski definition) is 2. The average molecular weight is 455 g/mol. The standard InChI is InChI=1S/C24H23F2N3O4/c1-14-4-5-17(29-21(30)15-6-7-27-20(9-15)23(2,25)26)10-18(14)16-8-19(22(32-3)28-11-16)24(31)12-33-13-24/h4-11,31H,12-13H2,1-3H3,(H,29,30). The Labute approximate surface area is 189 Å². The lowest BCUT2D eigenvalue weighted by Crippen LogP contribution is -2.46. The van der Waals surface area contributed by atoms with Gasteiger partial charge in [0, 0.05) is 36.1 Å². The number of aryl methyl sites for hydroxylation is 1. The highest BCUT2D eigenvalue weighted by Crippen LogP contribution is 2.38. The highest BCUT2D eigenvalue weighted by Gasteiger charge is 2.41. The molecule has 1 aliphatic heterocycles. The molecule has 1 aliphatic rings. The van der Waals surface area contributed by atoms with Crippen molar-refractivity contribution in [1.82, 2.24) is 9.97 Å². The fourth-order valence-electron chi connectivity index (χ4n) is 3.57. The maximum absolute atomic E-state index is 13.6. The third-order valence-corrected chi connectivity index (χ3v) is 5.51. The van der Waals surface area contributed by atoms with E-state index < -0.39 is 23.1 Å². The van der Waals surface area contributed by atoms with Crippen LogP contribution in [0, 0.1) is 6.92 Å². The van der Waals surface area contributed by atoms with Crippen LogP contribution < -0.4 is 10.1 Å². The van der Waals surface area contributed by atoms with Crippen molar-refractivity contribution in [3.8, 4) is 17.0 Å². The van der Waals surface area contributed by atoms with Crippen LogP contribution in [0.2, 0.25) is 0 Å². The van der Waals surface area contributed by atoms with Crippen molar-refractivity contribution in [2.24, 2.45) is 0 Å². The molecule has 7 nitrogen and oxygen atoms in total. The zero-order valence-corrected chi connectivity index (χ0v) is 18.4. The van der Waals surface area contributed by atoms with Crippen LogP contribution in [0.1, 0.15) is 34.1 Å². The number of nitrogens with one attached hydrogen (secondary N) is 1. The number of carbonyl (C=O) groups is 1. The highest BCUT2D eigenvalue weighted by atomic mass is 19.3. The normalized spacial score (nSPS) is 15.0. The Morgan fingerprint density at radius 1 is 1.21 bits per heavy atom. The van der Waals surface area contributed by atoms with Gasteiger partial charge in [-0.05, 0) is 48.4 Å². The smallest absolute Gasteiger partial charge is 0.286 e. The summed E-state index contributed by atoms with van der Waals surface area (Å²) >= 11 is 0. The number of nitrogens with zero attached hydrogens (tertiary/aromatic N) is 2. The summed E-state index contributed by atoms with van der Waals surface area (Å²) in [7, 11) is 1.48. The van der Waals surface area contributed by atoms with Crippen molar-refractivity contribution in [3.05, 3.63) is 71.2 Å². The first-order valence-corrected chi connectivity index (χ1v) is 10.2. The molecule has 0 aliphatic carbocycles. The van der Waals surface area contributed by atoms with Gasteiger partial charge in [0.2, 0.25) is 5.88 Å². The number of amides is 1. The Balaban J connectivity index is 1.64. The molecule has 0 radical (unpaired) electrons. The van der Waals surface area contributed by atoms with Crippen molar-refractivity contribution in [3.63, 3.8) is 0 Å². The molecule has 0 unspecified atom stereocenters. The second-order valence-electron chi connectivity index (χ2n) is 8.11. The van der Waals surface area contributed by atoms with Crippen LogP contribution in [0.25, 0.3) is 11.1 Å². The number of aromatic nitrogens is 2. The lowest BCUT2D eigenvalue weighted by atomic mass is 9.90. The topological polar surface area (TPSA) is 93.6 Å². The highest BCUT2D eigenvalue weighted by molar-refractivity contribution is 6.04. The van der Waals surface area contributed by atoms with Gasteiger partial charge in [0.25, 0.3) is 11.8 Å². The molecule has 172 valence electrons. The molecule has 2 aromatic heterocycles. The van der Waals surface area contributed by atoms with Gasteiger partial charge in [-0.1, -0.05) is 6.07 Å². The van der Waals surface area contributed by atoms with E-state index in [1.54, 1.807) is 24.4 Å². The van der Waals surface area contributed by atoms with Gasteiger partial charge in [-0.15, -0.1) is 0 Å². The summed E-state index contributed by atoms with van der Waals surface area (Å²) in [6.45, 7) is 2.93. The van der Waals surface area contributed by atoms with Gasteiger partial charge in [-0.2, -0.15) is 8.78 Å². The second-order valence-corrected chi connectivity index (χ2v) is 8.11. The van der Waals surface area contributed by atoms with Crippen LogP contribution in [0.3, 0.4) is 0 Å². The monoisotopic (exact) mass is 455 g/mol. The van der Waals surface area contributed by atoms with Gasteiger partial charge in [0.05, 0.1) is 25.9 Å².